The smallest absolute Gasteiger partial charge is 0.137 e. The Balaban J connectivity index is 1.17. The molecule has 0 spiro atoms. The first-order chi connectivity index (χ1) is 21.9. The summed E-state index contributed by atoms with van der Waals surface area (Å²) in [5, 5.41) is 2.36. The van der Waals surface area contributed by atoms with Crippen molar-refractivity contribution in [1.29, 1.82) is 0 Å². The third-order valence-electron chi connectivity index (χ3n) is 8.66. The Hall–Kier alpha value is -5.55. The first-order valence-corrected chi connectivity index (χ1v) is 15.4. The normalized spacial score (nSPS) is 13.0. The molecule has 7 aromatic rings. The zero-order valence-electron chi connectivity index (χ0n) is 25.7. The lowest BCUT2D eigenvalue weighted by Crippen LogP contribution is -2.23. The number of nitrogens with zero attached hydrogens (tertiary/aromatic N) is 4. The van der Waals surface area contributed by atoms with Crippen LogP contribution in [-0.2, 0) is 5.41 Å². The SMILES string of the molecule is CC(C)(C)c1ccnc(-n2c3ccccc3c3ccc(Oc4cccc(N5CN(c6ccccc6)c6ccccc65)c4)cc32)c1. The van der Waals surface area contributed by atoms with Gasteiger partial charge >= 0.3 is 0 Å². The van der Waals surface area contributed by atoms with Gasteiger partial charge in [-0.25, -0.2) is 4.98 Å². The number of ether oxygens (including phenoxy) is 1. The Morgan fingerprint density at radius 1 is 0.578 bits per heavy atom. The molecule has 0 N–H and O–H groups in total. The second kappa shape index (κ2) is 10.6. The van der Waals surface area contributed by atoms with E-state index in [2.05, 4.69) is 163 Å². The van der Waals surface area contributed by atoms with E-state index in [1.54, 1.807) is 0 Å². The second-order valence-corrected chi connectivity index (χ2v) is 12.6. The number of anilines is 4. The van der Waals surface area contributed by atoms with E-state index in [0.29, 0.717) is 0 Å². The van der Waals surface area contributed by atoms with Crippen LogP contribution in [0, 0.1) is 0 Å². The minimum atomic E-state index is 0.0176. The third kappa shape index (κ3) is 4.77. The zero-order chi connectivity index (χ0) is 30.5. The van der Waals surface area contributed by atoms with E-state index in [-0.39, 0.29) is 5.41 Å². The van der Waals surface area contributed by atoms with Crippen LogP contribution < -0.4 is 14.5 Å². The van der Waals surface area contributed by atoms with Gasteiger partial charge in [0.1, 0.15) is 24.0 Å². The Morgan fingerprint density at radius 3 is 2.04 bits per heavy atom. The summed E-state index contributed by atoms with van der Waals surface area (Å²) in [5.41, 5.74) is 8.08. The average Bonchev–Trinajstić information content (AvgIpc) is 3.61. The fourth-order valence-electron chi connectivity index (χ4n) is 6.38. The quantitative estimate of drug-likeness (QED) is 0.201. The van der Waals surface area contributed by atoms with Crippen LogP contribution in [-0.4, -0.2) is 16.2 Å². The van der Waals surface area contributed by atoms with E-state index >= 15 is 0 Å². The van der Waals surface area contributed by atoms with Crippen LogP contribution in [0.5, 0.6) is 11.5 Å². The number of fused-ring (bicyclic) bond motifs is 4. The molecule has 0 atom stereocenters. The van der Waals surface area contributed by atoms with E-state index in [1.165, 1.54) is 33.4 Å². The van der Waals surface area contributed by atoms with Crippen molar-refractivity contribution >= 4 is 44.6 Å². The van der Waals surface area contributed by atoms with Crippen molar-refractivity contribution < 1.29 is 4.74 Å². The number of benzene rings is 5. The summed E-state index contributed by atoms with van der Waals surface area (Å²) in [6.45, 7) is 7.42. The fraction of sp³-hybridized carbons (Fsp3) is 0.125. The van der Waals surface area contributed by atoms with Gasteiger partial charge in [-0.2, -0.15) is 0 Å². The van der Waals surface area contributed by atoms with Gasteiger partial charge in [-0.3, -0.25) is 4.57 Å². The summed E-state index contributed by atoms with van der Waals surface area (Å²) in [6.07, 6.45) is 1.91. The van der Waals surface area contributed by atoms with Gasteiger partial charge in [-0.15, -0.1) is 0 Å². The maximum Gasteiger partial charge on any atom is 0.137 e. The van der Waals surface area contributed by atoms with E-state index in [9.17, 15) is 0 Å². The molecule has 0 unspecified atom stereocenters. The maximum atomic E-state index is 6.58. The van der Waals surface area contributed by atoms with E-state index < -0.39 is 0 Å². The van der Waals surface area contributed by atoms with Crippen molar-refractivity contribution in [2.75, 3.05) is 16.5 Å². The Bertz CT molecular complexity index is 2180. The number of pyridine rings is 1. The first-order valence-electron chi connectivity index (χ1n) is 15.4. The average molecular weight is 587 g/mol. The second-order valence-electron chi connectivity index (χ2n) is 12.6. The number of aromatic nitrogens is 2. The molecule has 5 aromatic carbocycles. The number of para-hydroxylation sites is 4. The van der Waals surface area contributed by atoms with Gasteiger partial charge in [0, 0.05) is 40.5 Å². The highest BCUT2D eigenvalue weighted by atomic mass is 16.5. The van der Waals surface area contributed by atoms with E-state index in [0.717, 1.165) is 40.7 Å². The molecule has 0 amide bonds. The third-order valence-corrected chi connectivity index (χ3v) is 8.66. The predicted octanol–water partition coefficient (Wildman–Crippen LogP) is 10.5. The molecule has 5 heteroatoms. The van der Waals surface area contributed by atoms with E-state index in [4.69, 9.17) is 9.72 Å². The van der Waals surface area contributed by atoms with Crippen molar-refractivity contribution in [3.8, 4) is 17.3 Å². The summed E-state index contributed by atoms with van der Waals surface area (Å²) in [7, 11) is 0. The topological polar surface area (TPSA) is 33.5 Å². The Morgan fingerprint density at radius 2 is 1.24 bits per heavy atom. The molecule has 5 nitrogen and oxygen atoms in total. The van der Waals surface area contributed by atoms with Crippen molar-refractivity contribution in [2.24, 2.45) is 0 Å². The highest BCUT2D eigenvalue weighted by molar-refractivity contribution is 6.09. The van der Waals surface area contributed by atoms with Gasteiger partial charge in [-0.05, 0) is 77.7 Å². The molecule has 8 rings (SSSR count). The molecule has 1 aliphatic rings. The lowest BCUT2D eigenvalue weighted by molar-refractivity contribution is 0.483. The van der Waals surface area contributed by atoms with Crippen molar-refractivity contribution in [3.05, 3.63) is 145 Å². The molecular formula is C40H34N4O. The summed E-state index contributed by atoms with van der Waals surface area (Å²) in [4.78, 5) is 9.51. The van der Waals surface area contributed by atoms with Crippen LogP contribution in [0.1, 0.15) is 26.3 Å². The van der Waals surface area contributed by atoms with Crippen LogP contribution in [0.2, 0.25) is 0 Å². The number of rotatable bonds is 5. The molecule has 0 saturated heterocycles. The monoisotopic (exact) mass is 586 g/mol. The largest absolute Gasteiger partial charge is 0.457 e. The maximum absolute atomic E-state index is 6.58. The molecule has 45 heavy (non-hydrogen) atoms. The summed E-state index contributed by atoms with van der Waals surface area (Å²) in [5.74, 6) is 2.48. The Labute approximate surface area is 263 Å². The molecule has 1 aliphatic heterocycles. The van der Waals surface area contributed by atoms with Crippen molar-refractivity contribution in [2.45, 2.75) is 26.2 Å². The molecule has 2 aromatic heterocycles. The molecule has 0 radical (unpaired) electrons. The molecular weight excluding hydrogens is 552 g/mol. The molecule has 0 fully saturated rings. The van der Waals surface area contributed by atoms with Gasteiger partial charge in [0.05, 0.1) is 22.4 Å². The zero-order valence-corrected chi connectivity index (χ0v) is 25.7. The lowest BCUT2D eigenvalue weighted by Gasteiger charge is -2.22. The van der Waals surface area contributed by atoms with Gasteiger partial charge in [0.25, 0.3) is 0 Å². The highest BCUT2D eigenvalue weighted by Gasteiger charge is 2.28. The van der Waals surface area contributed by atoms with Gasteiger partial charge in [0.15, 0.2) is 0 Å². The molecule has 0 bridgehead atoms. The van der Waals surface area contributed by atoms with Crippen LogP contribution in [0.4, 0.5) is 22.7 Å². The summed E-state index contributed by atoms with van der Waals surface area (Å²) in [6, 6.07) is 46.7. The minimum Gasteiger partial charge on any atom is -0.457 e. The van der Waals surface area contributed by atoms with Crippen LogP contribution in [0.15, 0.2) is 140 Å². The predicted molar refractivity (Wildman–Crippen MR) is 186 cm³/mol. The lowest BCUT2D eigenvalue weighted by atomic mass is 9.88. The standard InChI is InChI=1S/C40H34N4O/c1-40(2,3)28-22-23-41-39(24-28)44-35-17-8-7-16-33(35)34-21-20-32(26-38(34)44)45-31-15-11-14-30(25-31)43-27-42(29-12-5-4-6-13-29)36-18-9-10-19-37(36)43/h4-26H,27H2,1-3H3. The Kier molecular flexibility index (Phi) is 6.35. The van der Waals surface area contributed by atoms with Crippen LogP contribution in [0.25, 0.3) is 27.6 Å². The van der Waals surface area contributed by atoms with Crippen LogP contribution in [0.3, 0.4) is 0 Å². The van der Waals surface area contributed by atoms with Gasteiger partial charge in [-0.1, -0.05) is 75.4 Å². The summed E-state index contributed by atoms with van der Waals surface area (Å²) < 4.78 is 8.83. The van der Waals surface area contributed by atoms with Gasteiger partial charge in [0.2, 0.25) is 0 Å². The number of hydrogen-bond acceptors (Lipinski definition) is 4. The molecule has 3 heterocycles. The first kappa shape index (κ1) is 27.0. The highest BCUT2D eigenvalue weighted by Crippen LogP contribution is 2.45. The number of hydrogen-bond donors (Lipinski definition) is 0. The summed E-state index contributed by atoms with van der Waals surface area (Å²) >= 11 is 0. The van der Waals surface area contributed by atoms with Crippen molar-refractivity contribution in [3.63, 3.8) is 0 Å². The molecule has 220 valence electrons. The minimum absolute atomic E-state index is 0.0176. The van der Waals surface area contributed by atoms with Gasteiger partial charge < -0.3 is 14.5 Å². The fourth-order valence-corrected chi connectivity index (χ4v) is 6.38. The molecule has 0 aliphatic carbocycles. The van der Waals surface area contributed by atoms with Crippen molar-refractivity contribution in [1.82, 2.24) is 9.55 Å². The van der Waals surface area contributed by atoms with E-state index in [1.807, 2.05) is 12.3 Å². The van der Waals surface area contributed by atoms with Crippen LogP contribution >= 0.6 is 0 Å². The molecule has 0 saturated carbocycles.